The molecule has 0 aliphatic rings. The van der Waals surface area contributed by atoms with Crippen LogP contribution in [0.15, 0.2) is 34.8 Å². The van der Waals surface area contributed by atoms with Crippen LogP contribution in [0.5, 0.6) is 5.75 Å². The number of thiazole rings is 1. The number of aromatic nitrogens is 1. The quantitative estimate of drug-likeness (QED) is 0.455. The molecule has 1 aromatic carbocycles. The summed E-state index contributed by atoms with van der Waals surface area (Å²) >= 11 is 1.62. The van der Waals surface area contributed by atoms with Crippen molar-refractivity contribution in [3.05, 3.63) is 56.4 Å². The lowest BCUT2D eigenvalue weighted by Gasteiger charge is -2.05. The fraction of sp³-hybridized carbons (Fsp3) is 0.308. The lowest BCUT2D eigenvalue weighted by Crippen LogP contribution is -1.96. The minimum Gasteiger partial charge on any atom is -0.487 e. The van der Waals surface area contributed by atoms with Gasteiger partial charge in [0, 0.05) is 16.8 Å². The summed E-state index contributed by atoms with van der Waals surface area (Å²) in [5, 5.41) is 6.56. The van der Waals surface area contributed by atoms with E-state index in [0.717, 1.165) is 28.4 Å². The molecular formula is C13H14N4OS. The van der Waals surface area contributed by atoms with Crippen molar-refractivity contribution in [3.8, 4) is 5.75 Å². The van der Waals surface area contributed by atoms with Crippen LogP contribution >= 0.6 is 11.3 Å². The van der Waals surface area contributed by atoms with E-state index in [2.05, 4.69) is 15.0 Å². The van der Waals surface area contributed by atoms with Crippen LogP contribution in [-0.2, 0) is 13.0 Å². The third-order valence-corrected chi connectivity index (χ3v) is 3.36. The zero-order valence-electron chi connectivity index (χ0n) is 10.6. The summed E-state index contributed by atoms with van der Waals surface area (Å²) < 4.78 is 5.65. The Balaban J connectivity index is 1.86. The molecule has 0 atom stereocenters. The number of rotatable bonds is 6. The molecule has 0 aliphatic heterocycles. The van der Waals surface area contributed by atoms with E-state index in [0.29, 0.717) is 13.2 Å². The maximum absolute atomic E-state index is 8.20. The van der Waals surface area contributed by atoms with E-state index in [1.807, 2.05) is 36.6 Å². The molecule has 6 heteroatoms. The number of hydrogen-bond donors (Lipinski definition) is 0. The van der Waals surface area contributed by atoms with Crippen LogP contribution in [-0.4, -0.2) is 11.5 Å². The molecule has 0 radical (unpaired) electrons. The summed E-state index contributed by atoms with van der Waals surface area (Å²) in [5.41, 5.74) is 10.3. The zero-order chi connectivity index (χ0) is 13.5. The highest BCUT2D eigenvalue weighted by Gasteiger charge is 2.00. The molecule has 5 nitrogen and oxygen atoms in total. The summed E-state index contributed by atoms with van der Waals surface area (Å²) in [5.74, 6) is 0.818. The molecule has 0 saturated carbocycles. The van der Waals surface area contributed by atoms with Gasteiger partial charge in [-0.15, -0.1) is 11.3 Å². The van der Waals surface area contributed by atoms with Gasteiger partial charge in [0.2, 0.25) is 0 Å². The summed E-state index contributed by atoms with van der Waals surface area (Å²) in [4.78, 5) is 7.07. The van der Waals surface area contributed by atoms with Crippen LogP contribution in [0.4, 0.5) is 0 Å². The lowest BCUT2D eigenvalue weighted by atomic mass is 10.1. The van der Waals surface area contributed by atoms with Crippen molar-refractivity contribution >= 4 is 11.3 Å². The molecule has 2 aromatic rings. The normalized spacial score (nSPS) is 9.95. The van der Waals surface area contributed by atoms with Crippen LogP contribution < -0.4 is 4.74 Å². The molecule has 0 fully saturated rings. The lowest BCUT2D eigenvalue weighted by molar-refractivity contribution is 0.302. The molecule has 0 aliphatic carbocycles. The summed E-state index contributed by atoms with van der Waals surface area (Å²) in [6, 6.07) is 7.80. The summed E-state index contributed by atoms with van der Waals surface area (Å²) in [6.07, 6.45) is 0.746. The Hall–Kier alpha value is -2.04. The molecule has 0 saturated heterocycles. The molecule has 0 bridgehead atoms. The first-order chi connectivity index (χ1) is 9.28. The molecule has 19 heavy (non-hydrogen) atoms. The fourth-order valence-corrected chi connectivity index (χ4v) is 2.21. The third kappa shape index (κ3) is 4.28. The SMILES string of the molecule is Cc1nc(COc2ccc(CCN=[N+]=[N-])cc2)cs1. The molecule has 98 valence electrons. The van der Waals surface area contributed by atoms with Crippen molar-refractivity contribution in [1.82, 2.24) is 4.98 Å². The average Bonchev–Trinajstić information content (AvgIpc) is 2.84. The first-order valence-corrected chi connectivity index (χ1v) is 6.79. The maximum Gasteiger partial charge on any atom is 0.131 e. The Labute approximate surface area is 115 Å². The van der Waals surface area contributed by atoms with E-state index in [1.165, 1.54) is 0 Å². The second-order valence-corrected chi connectivity index (χ2v) is 5.06. The van der Waals surface area contributed by atoms with Crippen LogP contribution in [0.3, 0.4) is 0 Å². The second kappa shape index (κ2) is 6.78. The van der Waals surface area contributed by atoms with Gasteiger partial charge in [-0.2, -0.15) is 0 Å². The van der Waals surface area contributed by atoms with Gasteiger partial charge in [0.15, 0.2) is 0 Å². The van der Waals surface area contributed by atoms with Gasteiger partial charge in [-0.05, 0) is 36.6 Å². The van der Waals surface area contributed by atoms with Crippen molar-refractivity contribution < 1.29 is 4.74 Å². The van der Waals surface area contributed by atoms with Gasteiger partial charge in [0.25, 0.3) is 0 Å². The average molecular weight is 274 g/mol. The molecule has 0 amide bonds. The Morgan fingerprint density at radius 1 is 1.37 bits per heavy atom. The largest absolute Gasteiger partial charge is 0.487 e. The van der Waals surface area contributed by atoms with Crippen molar-refractivity contribution in [2.45, 2.75) is 20.0 Å². The van der Waals surface area contributed by atoms with Gasteiger partial charge in [-0.25, -0.2) is 4.98 Å². The predicted octanol–water partition coefficient (Wildman–Crippen LogP) is 3.88. The predicted molar refractivity (Wildman–Crippen MR) is 75.3 cm³/mol. The number of aryl methyl sites for hydroxylation is 1. The van der Waals surface area contributed by atoms with Gasteiger partial charge < -0.3 is 4.74 Å². The van der Waals surface area contributed by atoms with Crippen LogP contribution in [0.1, 0.15) is 16.3 Å². The second-order valence-electron chi connectivity index (χ2n) is 3.99. The number of ether oxygens (including phenoxy) is 1. The maximum atomic E-state index is 8.20. The molecule has 0 N–H and O–H groups in total. The zero-order valence-corrected chi connectivity index (χ0v) is 11.4. The highest BCUT2D eigenvalue weighted by Crippen LogP contribution is 2.15. The molecule has 0 spiro atoms. The monoisotopic (exact) mass is 274 g/mol. The Kier molecular flexibility index (Phi) is 4.78. The van der Waals surface area contributed by atoms with Gasteiger partial charge in [-0.1, -0.05) is 17.2 Å². The summed E-state index contributed by atoms with van der Waals surface area (Å²) in [7, 11) is 0. The van der Waals surface area contributed by atoms with E-state index in [9.17, 15) is 0 Å². The Bertz CT molecular complexity index is 573. The van der Waals surface area contributed by atoms with E-state index < -0.39 is 0 Å². The third-order valence-electron chi connectivity index (χ3n) is 2.54. The Morgan fingerprint density at radius 2 is 2.16 bits per heavy atom. The molecule has 1 heterocycles. The van der Waals surface area contributed by atoms with Crippen molar-refractivity contribution in [2.75, 3.05) is 6.54 Å². The van der Waals surface area contributed by atoms with Crippen LogP contribution in [0.25, 0.3) is 10.4 Å². The molecule has 2 rings (SSSR count). The molecule has 0 unspecified atom stereocenters. The van der Waals surface area contributed by atoms with E-state index in [-0.39, 0.29) is 0 Å². The number of hydrogen-bond acceptors (Lipinski definition) is 4. The smallest absolute Gasteiger partial charge is 0.131 e. The van der Waals surface area contributed by atoms with Gasteiger partial charge in [0.05, 0.1) is 10.7 Å². The van der Waals surface area contributed by atoms with Gasteiger partial charge in [0.1, 0.15) is 12.4 Å². The number of nitrogens with zero attached hydrogens (tertiary/aromatic N) is 4. The number of benzene rings is 1. The summed E-state index contributed by atoms with van der Waals surface area (Å²) in [6.45, 7) is 2.95. The van der Waals surface area contributed by atoms with Crippen molar-refractivity contribution in [1.29, 1.82) is 0 Å². The van der Waals surface area contributed by atoms with Gasteiger partial charge >= 0.3 is 0 Å². The standard InChI is InChI=1S/C13H14N4OS/c1-10-16-12(9-19-10)8-18-13-4-2-11(3-5-13)6-7-15-17-14/h2-5,9H,6-8H2,1H3. The first kappa shape index (κ1) is 13.4. The molecule has 1 aromatic heterocycles. The fourth-order valence-electron chi connectivity index (χ4n) is 1.61. The highest BCUT2D eigenvalue weighted by atomic mass is 32.1. The van der Waals surface area contributed by atoms with Crippen LogP contribution in [0.2, 0.25) is 0 Å². The van der Waals surface area contributed by atoms with E-state index in [1.54, 1.807) is 11.3 Å². The highest BCUT2D eigenvalue weighted by molar-refractivity contribution is 7.09. The molecular weight excluding hydrogens is 260 g/mol. The van der Waals surface area contributed by atoms with Gasteiger partial charge in [-0.3, -0.25) is 0 Å². The topological polar surface area (TPSA) is 70.9 Å². The minimum atomic E-state index is 0.481. The Morgan fingerprint density at radius 3 is 2.79 bits per heavy atom. The minimum absolute atomic E-state index is 0.481. The van der Waals surface area contributed by atoms with Crippen LogP contribution in [0, 0.1) is 6.92 Å². The van der Waals surface area contributed by atoms with E-state index in [4.69, 9.17) is 10.3 Å². The van der Waals surface area contributed by atoms with Crippen molar-refractivity contribution in [2.24, 2.45) is 5.11 Å². The van der Waals surface area contributed by atoms with E-state index >= 15 is 0 Å². The first-order valence-electron chi connectivity index (χ1n) is 5.91. The number of azide groups is 1. The van der Waals surface area contributed by atoms with Crippen molar-refractivity contribution in [3.63, 3.8) is 0 Å².